The van der Waals surface area contributed by atoms with Gasteiger partial charge < -0.3 is 4.57 Å². The summed E-state index contributed by atoms with van der Waals surface area (Å²) in [5.74, 6) is 1.30. The number of fused-ring (bicyclic) bond motifs is 1. The molecule has 0 aliphatic carbocycles. The molecule has 0 saturated carbocycles. The molecule has 98 valence electrons. The van der Waals surface area contributed by atoms with Crippen molar-refractivity contribution in [1.29, 1.82) is 0 Å². The molecule has 3 rings (SSSR count). The molecule has 0 radical (unpaired) electrons. The Morgan fingerprint density at radius 3 is 2.89 bits per heavy atom. The zero-order chi connectivity index (χ0) is 13.2. The SMILES string of the molecule is ClCc1nc2cc(Br)ccc2n1CCn1cccn1. The van der Waals surface area contributed by atoms with Crippen LogP contribution in [-0.4, -0.2) is 19.3 Å². The predicted octanol–water partition coefficient (Wildman–Crippen LogP) is 3.43. The van der Waals surface area contributed by atoms with Gasteiger partial charge >= 0.3 is 0 Å². The van der Waals surface area contributed by atoms with Gasteiger partial charge in [0.15, 0.2) is 0 Å². The van der Waals surface area contributed by atoms with Crippen LogP contribution in [0, 0.1) is 0 Å². The minimum Gasteiger partial charge on any atom is -0.325 e. The molecule has 0 N–H and O–H groups in total. The third-order valence-electron chi connectivity index (χ3n) is 3.02. The molecule has 0 saturated heterocycles. The van der Waals surface area contributed by atoms with Crippen LogP contribution in [0.2, 0.25) is 0 Å². The van der Waals surface area contributed by atoms with E-state index < -0.39 is 0 Å². The smallest absolute Gasteiger partial charge is 0.124 e. The standard InChI is InChI=1S/C13H12BrClN4/c14-10-2-3-12-11(8-10)17-13(9-15)19(12)7-6-18-5-1-4-16-18/h1-5,8H,6-7,9H2. The molecule has 1 aromatic carbocycles. The quantitative estimate of drug-likeness (QED) is 0.683. The molecule has 19 heavy (non-hydrogen) atoms. The van der Waals surface area contributed by atoms with Crippen molar-refractivity contribution in [2.24, 2.45) is 0 Å². The molecule has 3 aromatic rings. The molecule has 0 atom stereocenters. The van der Waals surface area contributed by atoms with Crippen molar-refractivity contribution in [3.05, 3.63) is 47.0 Å². The molecule has 6 heteroatoms. The Morgan fingerprint density at radius 2 is 2.16 bits per heavy atom. The van der Waals surface area contributed by atoms with Gasteiger partial charge in [-0.15, -0.1) is 11.6 Å². The second-order valence-corrected chi connectivity index (χ2v) is 5.40. The predicted molar refractivity (Wildman–Crippen MR) is 79.2 cm³/mol. The summed E-state index contributed by atoms with van der Waals surface area (Å²) in [6.45, 7) is 1.61. The molecule has 0 bridgehead atoms. The highest BCUT2D eigenvalue weighted by Crippen LogP contribution is 2.21. The first-order valence-corrected chi connectivity index (χ1v) is 7.29. The molecule has 0 aliphatic heterocycles. The number of imidazole rings is 1. The van der Waals surface area contributed by atoms with Gasteiger partial charge in [0.2, 0.25) is 0 Å². The summed E-state index contributed by atoms with van der Waals surface area (Å²) >= 11 is 9.45. The lowest BCUT2D eigenvalue weighted by molar-refractivity contribution is 0.533. The van der Waals surface area contributed by atoms with Gasteiger partial charge in [-0.05, 0) is 24.3 Å². The molecule has 0 amide bonds. The Labute approximate surface area is 124 Å². The maximum absolute atomic E-state index is 5.99. The molecular weight excluding hydrogens is 328 g/mol. The van der Waals surface area contributed by atoms with Crippen molar-refractivity contribution in [3.8, 4) is 0 Å². The molecule has 0 fully saturated rings. The Morgan fingerprint density at radius 1 is 1.26 bits per heavy atom. The van der Waals surface area contributed by atoms with Crippen molar-refractivity contribution in [3.63, 3.8) is 0 Å². The van der Waals surface area contributed by atoms with Gasteiger partial charge in [-0.3, -0.25) is 4.68 Å². The topological polar surface area (TPSA) is 35.6 Å². The lowest BCUT2D eigenvalue weighted by Gasteiger charge is -2.07. The average Bonchev–Trinajstić information content (AvgIpc) is 3.02. The van der Waals surface area contributed by atoms with Crippen LogP contribution in [0.15, 0.2) is 41.1 Å². The van der Waals surface area contributed by atoms with E-state index in [4.69, 9.17) is 11.6 Å². The van der Waals surface area contributed by atoms with Gasteiger partial charge in [0.05, 0.1) is 23.5 Å². The first-order valence-electron chi connectivity index (χ1n) is 5.96. The summed E-state index contributed by atoms with van der Waals surface area (Å²) in [6, 6.07) is 8.01. The van der Waals surface area contributed by atoms with Crippen LogP contribution in [-0.2, 0) is 19.0 Å². The minimum absolute atomic E-state index is 0.408. The number of hydrogen-bond acceptors (Lipinski definition) is 2. The summed E-state index contributed by atoms with van der Waals surface area (Å²) in [6.07, 6.45) is 3.74. The fourth-order valence-corrected chi connectivity index (χ4v) is 2.69. The van der Waals surface area contributed by atoms with Crippen molar-refractivity contribution < 1.29 is 0 Å². The first-order chi connectivity index (χ1) is 9.28. The number of aryl methyl sites for hydroxylation is 2. The van der Waals surface area contributed by atoms with Crippen molar-refractivity contribution in [2.75, 3.05) is 0 Å². The van der Waals surface area contributed by atoms with Crippen molar-refractivity contribution in [2.45, 2.75) is 19.0 Å². The molecule has 4 nitrogen and oxygen atoms in total. The Kier molecular flexibility index (Phi) is 3.57. The van der Waals surface area contributed by atoms with Crippen molar-refractivity contribution >= 4 is 38.6 Å². The lowest BCUT2D eigenvalue weighted by Crippen LogP contribution is -2.09. The fourth-order valence-electron chi connectivity index (χ4n) is 2.14. The number of aromatic nitrogens is 4. The van der Waals surface area contributed by atoms with E-state index in [9.17, 15) is 0 Å². The van der Waals surface area contributed by atoms with Crippen LogP contribution in [0.1, 0.15) is 5.82 Å². The van der Waals surface area contributed by atoms with Gasteiger partial charge in [0, 0.05) is 23.4 Å². The number of hydrogen-bond donors (Lipinski definition) is 0. The normalized spacial score (nSPS) is 11.3. The summed E-state index contributed by atoms with van der Waals surface area (Å²) in [5, 5.41) is 4.21. The van der Waals surface area contributed by atoms with Crippen LogP contribution >= 0.6 is 27.5 Å². The molecule has 0 spiro atoms. The Hall–Kier alpha value is -1.33. The van der Waals surface area contributed by atoms with Crippen LogP contribution in [0.25, 0.3) is 11.0 Å². The van der Waals surface area contributed by atoms with Crippen LogP contribution in [0.3, 0.4) is 0 Å². The van der Waals surface area contributed by atoms with Crippen LogP contribution < -0.4 is 0 Å². The van der Waals surface area contributed by atoms with Gasteiger partial charge in [-0.2, -0.15) is 5.10 Å². The highest BCUT2D eigenvalue weighted by molar-refractivity contribution is 9.10. The maximum atomic E-state index is 5.99. The zero-order valence-electron chi connectivity index (χ0n) is 10.1. The van der Waals surface area contributed by atoms with E-state index in [2.05, 4.69) is 36.6 Å². The zero-order valence-corrected chi connectivity index (χ0v) is 12.5. The second-order valence-electron chi connectivity index (χ2n) is 4.22. The fraction of sp³-hybridized carbons (Fsp3) is 0.231. The summed E-state index contributed by atoms with van der Waals surface area (Å²) in [4.78, 5) is 4.56. The van der Waals surface area contributed by atoms with Crippen LogP contribution in [0.5, 0.6) is 0 Å². The monoisotopic (exact) mass is 338 g/mol. The lowest BCUT2D eigenvalue weighted by atomic mass is 10.3. The number of alkyl halides is 1. The minimum atomic E-state index is 0.408. The number of rotatable bonds is 4. The largest absolute Gasteiger partial charge is 0.325 e. The van der Waals surface area contributed by atoms with Gasteiger partial charge in [-0.1, -0.05) is 15.9 Å². The first kappa shape index (κ1) is 12.7. The number of benzene rings is 1. The van der Waals surface area contributed by atoms with E-state index in [1.54, 1.807) is 6.20 Å². The number of halogens is 2. The molecule has 2 heterocycles. The van der Waals surface area contributed by atoms with E-state index in [-0.39, 0.29) is 0 Å². The number of nitrogens with zero attached hydrogens (tertiary/aromatic N) is 4. The van der Waals surface area contributed by atoms with Gasteiger partial charge in [-0.25, -0.2) is 4.98 Å². The molecule has 2 aromatic heterocycles. The summed E-state index contributed by atoms with van der Waals surface area (Å²) in [7, 11) is 0. The summed E-state index contributed by atoms with van der Waals surface area (Å²) in [5.41, 5.74) is 2.07. The average molecular weight is 340 g/mol. The molecule has 0 unspecified atom stereocenters. The second kappa shape index (κ2) is 5.35. The van der Waals surface area contributed by atoms with Crippen LogP contribution in [0.4, 0.5) is 0 Å². The highest BCUT2D eigenvalue weighted by atomic mass is 79.9. The van der Waals surface area contributed by atoms with E-state index in [0.29, 0.717) is 5.88 Å². The Balaban J connectivity index is 1.96. The third kappa shape index (κ3) is 2.53. The van der Waals surface area contributed by atoms with E-state index >= 15 is 0 Å². The Bertz CT molecular complexity index is 690. The molecular formula is C13H12BrClN4. The van der Waals surface area contributed by atoms with Crippen molar-refractivity contribution in [1.82, 2.24) is 19.3 Å². The van der Waals surface area contributed by atoms with E-state index in [0.717, 1.165) is 34.4 Å². The van der Waals surface area contributed by atoms with Gasteiger partial charge in [0.1, 0.15) is 5.82 Å². The summed E-state index contributed by atoms with van der Waals surface area (Å²) < 4.78 is 5.08. The maximum Gasteiger partial charge on any atom is 0.124 e. The third-order valence-corrected chi connectivity index (χ3v) is 3.75. The van der Waals surface area contributed by atoms with E-state index in [1.807, 2.05) is 29.1 Å². The van der Waals surface area contributed by atoms with Gasteiger partial charge in [0.25, 0.3) is 0 Å². The molecule has 0 aliphatic rings. The van der Waals surface area contributed by atoms with E-state index in [1.165, 1.54) is 0 Å². The highest BCUT2D eigenvalue weighted by Gasteiger charge is 2.10.